The summed E-state index contributed by atoms with van der Waals surface area (Å²) >= 11 is 0. The molecule has 0 atom stereocenters. The summed E-state index contributed by atoms with van der Waals surface area (Å²) in [5.41, 5.74) is -0.933. The summed E-state index contributed by atoms with van der Waals surface area (Å²) in [7, 11) is 0. The van der Waals surface area contributed by atoms with Crippen LogP contribution in [0.3, 0.4) is 0 Å². The highest BCUT2D eigenvalue weighted by Gasteiger charge is 2.24. The van der Waals surface area contributed by atoms with Crippen LogP contribution in [0.15, 0.2) is 0 Å². The van der Waals surface area contributed by atoms with E-state index in [2.05, 4.69) is 6.92 Å². The van der Waals surface area contributed by atoms with Crippen LogP contribution in [0.5, 0.6) is 0 Å². The van der Waals surface area contributed by atoms with E-state index in [9.17, 15) is 9.59 Å². The molecule has 5 heteroatoms. The van der Waals surface area contributed by atoms with Crippen molar-refractivity contribution in [1.82, 2.24) is 0 Å². The molecule has 0 amide bonds. The van der Waals surface area contributed by atoms with Crippen LogP contribution in [0.1, 0.15) is 61.3 Å². The summed E-state index contributed by atoms with van der Waals surface area (Å²) in [6.07, 6.45) is 2.23. The zero-order valence-electron chi connectivity index (χ0n) is 16.1. The first kappa shape index (κ1) is 21.9. The molecule has 0 fully saturated rings. The van der Waals surface area contributed by atoms with Crippen molar-refractivity contribution >= 4 is 11.9 Å². The van der Waals surface area contributed by atoms with E-state index in [4.69, 9.17) is 9.47 Å². The molecule has 0 aliphatic rings. The van der Waals surface area contributed by atoms with Crippen LogP contribution in [0.4, 0.5) is 0 Å². The van der Waals surface area contributed by atoms with Crippen molar-refractivity contribution in [2.75, 3.05) is 32.8 Å². The van der Waals surface area contributed by atoms with Crippen molar-refractivity contribution in [2.24, 2.45) is 10.8 Å². The van der Waals surface area contributed by atoms with Gasteiger partial charge in [-0.15, -0.1) is 0 Å². The number of nitrogens with one attached hydrogen (secondary N) is 1. The van der Waals surface area contributed by atoms with Crippen molar-refractivity contribution in [3.8, 4) is 0 Å². The van der Waals surface area contributed by atoms with Gasteiger partial charge < -0.3 is 14.4 Å². The Morgan fingerprint density at radius 1 is 0.783 bits per heavy atom. The highest BCUT2D eigenvalue weighted by Crippen LogP contribution is 2.15. The van der Waals surface area contributed by atoms with Crippen molar-refractivity contribution < 1.29 is 24.0 Å². The fourth-order valence-corrected chi connectivity index (χ4v) is 1.81. The molecule has 0 aliphatic carbocycles. The SMILES string of the molecule is CCCC[NH+](CCOC(=O)C(C)(C)C)CCOC(=O)C(C)(C)C. The normalized spacial score (nSPS) is 12.3. The predicted molar refractivity (Wildman–Crippen MR) is 91.3 cm³/mol. The fraction of sp³-hybridized carbons (Fsp3) is 0.889. The van der Waals surface area contributed by atoms with E-state index in [1.54, 1.807) is 0 Å². The first-order valence-corrected chi connectivity index (χ1v) is 8.66. The average Bonchev–Trinajstić information content (AvgIpc) is 2.41. The van der Waals surface area contributed by atoms with E-state index < -0.39 is 10.8 Å². The highest BCUT2D eigenvalue weighted by atomic mass is 16.5. The van der Waals surface area contributed by atoms with Crippen molar-refractivity contribution in [3.63, 3.8) is 0 Å². The number of rotatable bonds is 9. The van der Waals surface area contributed by atoms with Gasteiger partial charge in [-0.05, 0) is 48.0 Å². The third-order valence-corrected chi connectivity index (χ3v) is 3.49. The Labute approximate surface area is 141 Å². The van der Waals surface area contributed by atoms with E-state index in [0.717, 1.165) is 32.5 Å². The standard InChI is InChI=1S/C18H35NO4/c1-8-9-10-19(11-13-22-15(20)17(2,3)4)12-14-23-16(21)18(5,6)7/h8-14H2,1-7H3/p+1. The molecule has 136 valence electrons. The third kappa shape index (κ3) is 10.3. The lowest BCUT2D eigenvalue weighted by Gasteiger charge is -2.22. The molecule has 0 heterocycles. The summed E-state index contributed by atoms with van der Waals surface area (Å²) in [5, 5.41) is 0. The minimum absolute atomic E-state index is 0.175. The van der Waals surface area contributed by atoms with Crippen molar-refractivity contribution in [2.45, 2.75) is 61.3 Å². The minimum atomic E-state index is -0.466. The molecule has 0 spiro atoms. The lowest BCUT2D eigenvalue weighted by atomic mass is 9.97. The molecule has 1 N–H and O–H groups in total. The smallest absolute Gasteiger partial charge is 0.311 e. The number of ether oxygens (including phenoxy) is 2. The van der Waals surface area contributed by atoms with E-state index in [0.29, 0.717) is 13.2 Å². The van der Waals surface area contributed by atoms with Gasteiger partial charge in [-0.3, -0.25) is 9.59 Å². The predicted octanol–water partition coefficient (Wildman–Crippen LogP) is 1.85. The molecule has 23 heavy (non-hydrogen) atoms. The molecule has 0 aliphatic heterocycles. The van der Waals surface area contributed by atoms with Gasteiger partial charge in [0.05, 0.1) is 17.4 Å². The molecule has 0 saturated carbocycles. The van der Waals surface area contributed by atoms with Gasteiger partial charge in [0.2, 0.25) is 0 Å². The zero-order valence-corrected chi connectivity index (χ0v) is 16.1. The molecule has 0 rings (SSSR count). The number of esters is 2. The number of hydrogen-bond donors (Lipinski definition) is 1. The largest absolute Gasteiger partial charge is 0.459 e. The van der Waals surface area contributed by atoms with Gasteiger partial charge in [-0.1, -0.05) is 13.3 Å². The number of unbranched alkanes of at least 4 members (excludes halogenated alkanes) is 1. The Bertz CT molecular complexity index is 334. The first-order chi connectivity index (χ1) is 10.5. The topological polar surface area (TPSA) is 57.0 Å². The van der Waals surface area contributed by atoms with Crippen LogP contribution in [0, 0.1) is 10.8 Å². The number of carbonyl (C=O) groups is 2. The molecule has 0 aromatic heterocycles. The molecule has 0 bridgehead atoms. The van der Waals surface area contributed by atoms with Gasteiger partial charge in [0.1, 0.15) is 26.3 Å². The lowest BCUT2D eigenvalue weighted by molar-refractivity contribution is -0.900. The second-order valence-corrected chi connectivity index (χ2v) is 8.13. The highest BCUT2D eigenvalue weighted by molar-refractivity contribution is 5.75. The lowest BCUT2D eigenvalue weighted by Crippen LogP contribution is -3.13. The van der Waals surface area contributed by atoms with Gasteiger partial charge in [-0.25, -0.2) is 0 Å². The molecule has 0 aromatic rings. The maximum Gasteiger partial charge on any atom is 0.311 e. The molecule has 0 unspecified atom stereocenters. The van der Waals surface area contributed by atoms with Crippen molar-refractivity contribution in [1.29, 1.82) is 0 Å². The molecule has 0 aromatic carbocycles. The second-order valence-electron chi connectivity index (χ2n) is 8.13. The van der Waals surface area contributed by atoms with Crippen LogP contribution in [-0.4, -0.2) is 44.8 Å². The molecule has 0 saturated heterocycles. The fourth-order valence-electron chi connectivity index (χ4n) is 1.81. The number of quaternary nitrogens is 1. The Morgan fingerprint density at radius 3 is 1.48 bits per heavy atom. The number of carbonyl (C=O) groups excluding carboxylic acids is 2. The van der Waals surface area contributed by atoms with Gasteiger partial charge in [0, 0.05) is 0 Å². The molecular weight excluding hydrogens is 294 g/mol. The van der Waals surface area contributed by atoms with Gasteiger partial charge >= 0.3 is 11.9 Å². The maximum atomic E-state index is 11.8. The van der Waals surface area contributed by atoms with E-state index in [1.807, 2.05) is 41.5 Å². The quantitative estimate of drug-likeness (QED) is 0.656. The van der Waals surface area contributed by atoms with Gasteiger partial charge in [-0.2, -0.15) is 0 Å². The average molecular weight is 330 g/mol. The van der Waals surface area contributed by atoms with Crippen LogP contribution >= 0.6 is 0 Å². The second kappa shape index (κ2) is 9.91. The Balaban J connectivity index is 4.21. The Kier molecular flexibility index (Phi) is 9.44. The zero-order chi connectivity index (χ0) is 18.1. The summed E-state index contributed by atoms with van der Waals surface area (Å²) in [6.45, 7) is 16.5. The summed E-state index contributed by atoms with van der Waals surface area (Å²) in [5.74, 6) is -0.349. The van der Waals surface area contributed by atoms with E-state index in [-0.39, 0.29) is 11.9 Å². The van der Waals surface area contributed by atoms with Crippen molar-refractivity contribution in [3.05, 3.63) is 0 Å². The monoisotopic (exact) mass is 330 g/mol. The first-order valence-electron chi connectivity index (χ1n) is 8.66. The molecule has 0 radical (unpaired) electrons. The van der Waals surface area contributed by atoms with Crippen LogP contribution < -0.4 is 4.90 Å². The molecular formula is C18H36NO4+. The third-order valence-electron chi connectivity index (χ3n) is 3.49. The summed E-state index contributed by atoms with van der Waals surface area (Å²) in [4.78, 5) is 24.8. The summed E-state index contributed by atoms with van der Waals surface area (Å²) in [6, 6.07) is 0. The van der Waals surface area contributed by atoms with Crippen LogP contribution in [0.25, 0.3) is 0 Å². The minimum Gasteiger partial charge on any atom is -0.459 e. The Hall–Kier alpha value is -1.10. The maximum absolute atomic E-state index is 11.8. The van der Waals surface area contributed by atoms with Crippen LogP contribution in [0.2, 0.25) is 0 Å². The van der Waals surface area contributed by atoms with Crippen LogP contribution in [-0.2, 0) is 19.1 Å². The van der Waals surface area contributed by atoms with Gasteiger partial charge in [0.25, 0.3) is 0 Å². The Morgan fingerprint density at radius 2 is 1.17 bits per heavy atom. The number of hydrogen-bond acceptors (Lipinski definition) is 4. The summed E-state index contributed by atoms with van der Waals surface area (Å²) < 4.78 is 10.7. The molecule has 5 nitrogen and oxygen atoms in total. The van der Waals surface area contributed by atoms with E-state index >= 15 is 0 Å². The van der Waals surface area contributed by atoms with Gasteiger partial charge in [0.15, 0.2) is 0 Å². The van der Waals surface area contributed by atoms with E-state index in [1.165, 1.54) is 4.90 Å².